The number of carbonyl (C=O) groups is 1. The van der Waals surface area contributed by atoms with Gasteiger partial charge in [-0.3, -0.25) is 0 Å². The van der Waals surface area contributed by atoms with E-state index in [2.05, 4.69) is 5.32 Å². The van der Waals surface area contributed by atoms with Gasteiger partial charge in [-0.25, -0.2) is 9.18 Å². The highest BCUT2D eigenvalue weighted by Gasteiger charge is 2.15. The maximum atomic E-state index is 12.0. The topological polar surface area (TPSA) is 64.3 Å². The molecule has 0 aliphatic rings. The summed E-state index contributed by atoms with van der Waals surface area (Å²) < 4.78 is 16.9. The van der Waals surface area contributed by atoms with Crippen molar-refractivity contribution in [3.8, 4) is 0 Å². The third-order valence-electron chi connectivity index (χ3n) is 1.28. The molecule has 1 amide bonds. The molecular formula is C9H17FN2O2. The van der Waals surface area contributed by atoms with Crippen molar-refractivity contribution >= 4 is 6.09 Å². The first-order chi connectivity index (χ1) is 6.39. The van der Waals surface area contributed by atoms with Crippen LogP contribution in [0.3, 0.4) is 0 Å². The number of ether oxygens (including phenoxy) is 1. The van der Waals surface area contributed by atoms with E-state index in [1.54, 1.807) is 20.8 Å². The molecule has 0 unspecified atom stereocenters. The van der Waals surface area contributed by atoms with Gasteiger partial charge in [0.15, 0.2) is 0 Å². The maximum absolute atomic E-state index is 12.0. The fourth-order valence-electron chi connectivity index (χ4n) is 0.655. The van der Waals surface area contributed by atoms with Crippen molar-refractivity contribution in [2.45, 2.75) is 26.4 Å². The van der Waals surface area contributed by atoms with Crippen LogP contribution in [-0.2, 0) is 4.74 Å². The number of alkyl carbamates (subject to hydrolysis) is 1. The van der Waals surface area contributed by atoms with Crippen LogP contribution in [0.2, 0.25) is 0 Å². The molecule has 14 heavy (non-hydrogen) atoms. The molecule has 0 aromatic rings. The number of nitrogens with two attached hydrogens (primary N) is 1. The lowest BCUT2D eigenvalue weighted by Gasteiger charge is -2.19. The second kappa shape index (κ2) is 5.59. The number of rotatable bonds is 3. The Kier molecular flexibility index (Phi) is 5.15. The molecule has 0 aliphatic carbocycles. The quantitative estimate of drug-likeness (QED) is 0.728. The molecule has 0 heterocycles. The van der Waals surface area contributed by atoms with Crippen molar-refractivity contribution in [3.63, 3.8) is 0 Å². The normalized spacial score (nSPS) is 12.5. The summed E-state index contributed by atoms with van der Waals surface area (Å²) in [5.41, 5.74) is 4.96. The van der Waals surface area contributed by atoms with Gasteiger partial charge in [-0.2, -0.15) is 0 Å². The molecule has 0 bridgehead atoms. The first kappa shape index (κ1) is 12.9. The zero-order valence-corrected chi connectivity index (χ0v) is 8.76. The third kappa shape index (κ3) is 6.42. The van der Waals surface area contributed by atoms with E-state index in [0.29, 0.717) is 11.9 Å². The number of halogens is 1. The van der Waals surface area contributed by atoms with Gasteiger partial charge in [0, 0.05) is 13.1 Å². The van der Waals surface area contributed by atoms with Gasteiger partial charge in [0.1, 0.15) is 5.60 Å². The average Bonchev–Trinajstić information content (AvgIpc) is 2.03. The van der Waals surface area contributed by atoms with Crippen molar-refractivity contribution in [2.75, 3.05) is 13.1 Å². The highest BCUT2D eigenvalue weighted by molar-refractivity contribution is 5.68. The van der Waals surface area contributed by atoms with Crippen LogP contribution in [0.25, 0.3) is 0 Å². The Morgan fingerprint density at radius 1 is 1.57 bits per heavy atom. The van der Waals surface area contributed by atoms with Crippen LogP contribution >= 0.6 is 0 Å². The fourth-order valence-corrected chi connectivity index (χ4v) is 0.655. The summed E-state index contributed by atoms with van der Waals surface area (Å²) in [6.07, 6.45) is -0.192. The Labute approximate surface area is 83.3 Å². The molecule has 0 radical (unpaired) electrons. The van der Waals surface area contributed by atoms with Gasteiger partial charge < -0.3 is 15.8 Å². The van der Waals surface area contributed by atoms with Crippen LogP contribution in [0.4, 0.5) is 9.18 Å². The summed E-state index contributed by atoms with van der Waals surface area (Å²) in [4.78, 5) is 11.1. The second-order valence-corrected chi connectivity index (χ2v) is 3.83. The molecule has 0 aromatic carbocycles. The van der Waals surface area contributed by atoms with Gasteiger partial charge >= 0.3 is 6.09 Å². The number of amides is 1. The minimum absolute atomic E-state index is 0.0713. The highest BCUT2D eigenvalue weighted by atomic mass is 19.1. The lowest BCUT2D eigenvalue weighted by atomic mass is 10.2. The van der Waals surface area contributed by atoms with Crippen molar-refractivity contribution < 1.29 is 13.9 Å². The third-order valence-corrected chi connectivity index (χ3v) is 1.28. The minimum atomic E-state index is -0.578. The first-order valence-corrected chi connectivity index (χ1v) is 4.34. The van der Waals surface area contributed by atoms with Crippen LogP contribution < -0.4 is 11.1 Å². The molecule has 0 fully saturated rings. The Hall–Kier alpha value is -1.10. The second-order valence-electron chi connectivity index (χ2n) is 3.83. The zero-order chi connectivity index (χ0) is 11.2. The van der Waals surface area contributed by atoms with Gasteiger partial charge in [-0.1, -0.05) is 0 Å². The lowest BCUT2D eigenvalue weighted by Crippen LogP contribution is -2.34. The van der Waals surface area contributed by atoms with E-state index < -0.39 is 11.7 Å². The van der Waals surface area contributed by atoms with Crippen LogP contribution in [0.1, 0.15) is 20.8 Å². The van der Waals surface area contributed by atoms with Gasteiger partial charge in [0.25, 0.3) is 0 Å². The molecule has 0 atom stereocenters. The Balaban J connectivity index is 3.86. The molecule has 0 aromatic heterocycles. The predicted molar refractivity (Wildman–Crippen MR) is 52.5 cm³/mol. The standard InChI is InChI=1S/C9H17FN2O2/c1-9(2,3)14-8(13)12-6-7(4-10)5-11/h4H,5-6,11H2,1-3H3,(H,12,13). The number of hydrogen-bond donors (Lipinski definition) is 2. The molecule has 0 saturated carbocycles. The molecule has 0 aliphatic heterocycles. The van der Waals surface area contributed by atoms with Crippen LogP contribution in [-0.4, -0.2) is 24.8 Å². The maximum Gasteiger partial charge on any atom is 0.407 e. The summed E-state index contributed by atoms with van der Waals surface area (Å²) in [7, 11) is 0. The van der Waals surface area contributed by atoms with E-state index in [9.17, 15) is 9.18 Å². The summed E-state index contributed by atoms with van der Waals surface area (Å²) in [6.45, 7) is 5.40. The average molecular weight is 204 g/mol. The van der Waals surface area contributed by atoms with Crippen molar-refractivity contribution in [2.24, 2.45) is 5.73 Å². The summed E-state index contributed by atoms with van der Waals surface area (Å²) in [5, 5.41) is 2.39. The summed E-state index contributed by atoms with van der Waals surface area (Å²) in [5.74, 6) is 0. The van der Waals surface area contributed by atoms with E-state index >= 15 is 0 Å². The van der Waals surface area contributed by atoms with Crippen molar-refractivity contribution in [1.82, 2.24) is 5.32 Å². The molecular weight excluding hydrogens is 187 g/mol. The molecule has 0 rings (SSSR count). The molecule has 3 N–H and O–H groups in total. The van der Waals surface area contributed by atoms with E-state index in [0.717, 1.165) is 0 Å². The summed E-state index contributed by atoms with van der Waals surface area (Å²) in [6, 6.07) is 0. The van der Waals surface area contributed by atoms with Gasteiger partial charge in [0.2, 0.25) is 0 Å². The van der Waals surface area contributed by atoms with Crippen molar-refractivity contribution in [1.29, 1.82) is 0 Å². The van der Waals surface area contributed by atoms with E-state index in [-0.39, 0.29) is 13.1 Å². The SMILES string of the molecule is CC(C)(C)OC(=O)NCC(=CF)CN. The highest BCUT2D eigenvalue weighted by Crippen LogP contribution is 2.06. The van der Waals surface area contributed by atoms with Gasteiger partial charge in [0.05, 0.1) is 6.33 Å². The monoisotopic (exact) mass is 204 g/mol. The fraction of sp³-hybridized carbons (Fsp3) is 0.667. The number of carbonyl (C=O) groups excluding carboxylic acids is 1. The molecule has 82 valence electrons. The Bertz CT molecular complexity index is 221. The molecule has 5 heteroatoms. The van der Waals surface area contributed by atoms with Gasteiger partial charge in [-0.05, 0) is 26.3 Å². The molecule has 4 nitrogen and oxygen atoms in total. The Morgan fingerprint density at radius 2 is 2.14 bits per heavy atom. The van der Waals surface area contributed by atoms with Crippen molar-refractivity contribution in [3.05, 3.63) is 11.9 Å². The number of nitrogens with one attached hydrogen (secondary N) is 1. The predicted octanol–water partition coefficient (Wildman–Crippen LogP) is 1.32. The lowest BCUT2D eigenvalue weighted by molar-refractivity contribution is 0.0532. The molecule has 0 spiro atoms. The minimum Gasteiger partial charge on any atom is -0.444 e. The van der Waals surface area contributed by atoms with Crippen LogP contribution in [0.5, 0.6) is 0 Å². The van der Waals surface area contributed by atoms with Crippen LogP contribution in [0, 0.1) is 0 Å². The smallest absolute Gasteiger partial charge is 0.407 e. The zero-order valence-electron chi connectivity index (χ0n) is 8.76. The van der Waals surface area contributed by atoms with Crippen LogP contribution in [0.15, 0.2) is 11.9 Å². The first-order valence-electron chi connectivity index (χ1n) is 4.34. The largest absolute Gasteiger partial charge is 0.444 e. The Morgan fingerprint density at radius 3 is 2.50 bits per heavy atom. The molecule has 0 saturated heterocycles. The number of hydrogen-bond acceptors (Lipinski definition) is 3. The van der Waals surface area contributed by atoms with Gasteiger partial charge in [-0.15, -0.1) is 0 Å². The van der Waals surface area contributed by atoms with E-state index in [1.165, 1.54) is 0 Å². The van der Waals surface area contributed by atoms with E-state index in [1.807, 2.05) is 0 Å². The van der Waals surface area contributed by atoms with E-state index in [4.69, 9.17) is 10.5 Å². The summed E-state index contributed by atoms with van der Waals surface area (Å²) >= 11 is 0.